The second kappa shape index (κ2) is 8.37. The van der Waals surface area contributed by atoms with E-state index < -0.39 is 0 Å². The molecule has 0 aromatic rings. The van der Waals surface area contributed by atoms with Crippen LogP contribution in [0.2, 0.25) is 0 Å². The zero-order valence-electron chi connectivity index (χ0n) is 7.25. The first-order valence-electron chi connectivity index (χ1n) is 4.23. The molecule has 0 rings (SSSR count). The van der Waals surface area contributed by atoms with E-state index >= 15 is 0 Å². The van der Waals surface area contributed by atoms with E-state index in [2.05, 4.69) is 6.92 Å². The summed E-state index contributed by atoms with van der Waals surface area (Å²) in [6, 6.07) is 0. The Hall–Kier alpha value is 0.270. The molecule has 0 aromatic carbocycles. The normalized spacial score (nSPS) is 13.4. The molecule has 0 radical (unpaired) electrons. The van der Waals surface area contributed by atoms with Crippen LogP contribution in [0.4, 0.5) is 0 Å². The van der Waals surface area contributed by atoms with E-state index in [1.165, 1.54) is 12.2 Å². The molecule has 68 valence electrons. The highest BCUT2D eigenvalue weighted by molar-refractivity contribution is 7.99. The van der Waals surface area contributed by atoms with Gasteiger partial charge in [-0.25, -0.2) is 0 Å². The summed E-state index contributed by atoms with van der Waals surface area (Å²) >= 11 is 1.92. The maximum atomic E-state index is 8.49. The summed E-state index contributed by atoms with van der Waals surface area (Å²) < 4.78 is 0. The van der Waals surface area contributed by atoms with Crippen molar-refractivity contribution >= 4 is 11.8 Å². The zero-order chi connectivity index (χ0) is 8.53. The fourth-order valence-electron chi connectivity index (χ4n) is 0.743. The van der Waals surface area contributed by atoms with Crippen LogP contribution in [0.1, 0.15) is 26.2 Å². The highest BCUT2D eigenvalue weighted by Crippen LogP contribution is 2.11. The van der Waals surface area contributed by atoms with Crippen molar-refractivity contribution in [3.63, 3.8) is 0 Å². The molecule has 0 fully saturated rings. The van der Waals surface area contributed by atoms with E-state index in [1.54, 1.807) is 0 Å². The van der Waals surface area contributed by atoms with Gasteiger partial charge in [0.05, 0.1) is 0 Å². The van der Waals surface area contributed by atoms with Crippen LogP contribution in [-0.2, 0) is 0 Å². The second-order valence-electron chi connectivity index (χ2n) is 2.70. The lowest BCUT2D eigenvalue weighted by Crippen LogP contribution is -2.12. The predicted octanol–water partition coefficient (Wildman–Crippen LogP) is 1.23. The number of hydrogen-bond donors (Lipinski definition) is 2. The number of thioether (sulfide) groups is 1. The van der Waals surface area contributed by atoms with Crippen molar-refractivity contribution in [3.8, 4) is 0 Å². The van der Waals surface area contributed by atoms with E-state index in [0.717, 1.165) is 19.4 Å². The highest BCUT2D eigenvalue weighted by Gasteiger charge is 1.97. The Bertz CT molecular complexity index is 80.5. The van der Waals surface area contributed by atoms with Crippen LogP contribution in [0.3, 0.4) is 0 Å². The van der Waals surface area contributed by atoms with Gasteiger partial charge in [-0.3, -0.25) is 0 Å². The summed E-state index contributed by atoms with van der Waals surface area (Å²) in [6.07, 6.45) is 3.29. The van der Waals surface area contributed by atoms with E-state index in [1.807, 2.05) is 11.8 Å². The molecule has 11 heavy (non-hydrogen) atoms. The van der Waals surface area contributed by atoms with E-state index in [0.29, 0.717) is 11.9 Å². The third-order valence-electron chi connectivity index (χ3n) is 1.54. The van der Waals surface area contributed by atoms with Gasteiger partial charge in [-0.05, 0) is 18.6 Å². The van der Waals surface area contributed by atoms with Crippen LogP contribution in [-0.4, -0.2) is 29.3 Å². The first kappa shape index (κ1) is 11.3. The zero-order valence-corrected chi connectivity index (χ0v) is 8.07. The summed E-state index contributed by atoms with van der Waals surface area (Å²) in [6.45, 7) is 3.25. The highest BCUT2D eigenvalue weighted by atomic mass is 32.2. The lowest BCUT2D eigenvalue weighted by atomic mass is 10.3. The summed E-state index contributed by atoms with van der Waals surface area (Å²) in [7, 11) is 0. The van der Waals surface area contributed by atoms with Crippen molar-refractivity contribution in [2.24, 2.45) is 5.73 Å². The van der Waals surface area contributed by atoms with Gasteiger partial charge in [0.15, 0.2) is 0 Å². The molecule has 1 unspecified atom stereocenters. The Morgan fingerprint density at radius 3 is 2.64 bits per heavy atom. The van der Waals surface area contributed by atoms with Crippen molar-refractivity contribution in [3.05, 3.63) is 0 Å². The number of nitrogens with two attached hydrogens (primary N) is 1. The predicted molar refractivity (Wildman–Crippen MR) is 51.9 cm³/mol. The minimum absolute atomic E-state index is 0.330. The Kier molecular flexibility index (Phi) is 8.57. The molecular weight excluding hydrogens is 158 g/mol. The van der Waals surface area contributed by atoms with Crippen LogP contribution in [0.15, 0.2) is 0 Å². The number of aliphatic hydroxyl groups excluding tert-OH is 1. The molecule has 2 nitrogen and oxygen atoms in total. The smallest absolute Gasteiger partial charge is 0.0431 e. The van der Waals surface area contributed by atoms with Crippen LogP contribution in [0.5, 0.6) is 0 Å². The monoisotopic (exact) mass is 177 g/mol. The van der Waals surface area contributed by atoms with Gasteiger partial charge in [0.1, 0.15) is 0 Å². The van der Waals surface area contributed by atoms with Crippen molar-refractivity contribution < 1.29 is 5.11 Å². The van der Waals surface area contributed by atoms with Gasteiger partial charge < -0.3 is 10.8 Å². The quantitative estimate of drug-likeness (QED) is 0.575. The van der Waals surface area contributed by atoms with E-state index in [9.17, 15) is 0 Å². The number of rotatable bonds is 7. The van der Waals surface area contributed by atoms with Crippen LogP contribution in [0.25, 0.3) is 0 Å². The second-order valence-corrected chi connectivity index (χ2v) is 4.25. The van der Waals surface area contributed by atoms with Gasteiger partial charge in [0, 0.05) is 18.4 Å². The molecule has 0 bridgehead atoms. The van der Waals surface area contributed by atoms with Crippen molar-refractivity contribution in [1.82, 2.24) is 0 Å². The number of hydrogen-bond acceptors (Lipinski definition) is 3. The Balaban J connectivity index is 2.89. The average molecular weight is 177 g/mol. The molecule has 0 aromatic heterocycles. The van der Waals surface area contributed by atoms with E-state index in [-0.39, 0.29) is 0 Å². The number of unbranched alkanes of at least 4 members (excludes halogenated alkanes) is 2. The fraction of sp³-hybridized carbons (Fsp3) is 1.00. The maximum absolute atomic E-state index is 8.49. The van der Waals surface area contributed by atoms with Crippen LogP contribution < -0.4 is 5.73 Å². The SMILES string of the molecule is CC(CN)SCCCCCO. The summed E-state index contributed by atoms with van der Waals surface area (Å²) in [5.41, 5.74) is 5.45. The molecule has 0 saturated heterocycles. The molecule has 0 aliphatic carbocycles. The molecule has 0 heterocycles. The largest absolute Gasteiger partial charge is 0.396 e. The lowest BCUT2D eigenvalue weighted by molar-refractivity contribution is 0.284. The molecule has 3 N–H and O–H groups in total. The minimum atomic E-state index is 0.330. The fourth-order valence-corrected chi connectivity index (χ4v) is 1.65. The van der Waals surface area contributed by atoms with Gasteiger partial charge in [-0.2, -0.15) is 11.8 Å². The van der Waals surface area contributed by atoms with Gasteiger partial charge >= 0.3 is 0 Å². The molecule has 0 saturated carbocycles. The molecule has 0 aliphatic heterocycles. The molecule has 0 spiro atoms. The van der Waals surface area contributed by atoms with E-state index in [4.69, 9.17) is 10.8 Å². The molecule has 0 amide bonds. The minimum Gasteiger partial charge on any atom is -0.396 e. The van der Waals surface area contributed by atoms with Gasteiger partial charge in [-0.1, -0.05) is 13.3 Å². The molecular formula is C8H19NOS. The topological polar surface area (TPSA) is 46.2 Å². The third-order valence-corrected chi connectivity index (χ3v) is 2.82. The Morgan fingerprint density at radius 2 is 2.09 bits per heavy atom. The van der Waals surface area contributed by atoms with Crippen LogP contribution >= 0.6 is 11.8 Å². The van der Waals surface area contributed by atoms with Crippen LogP contribution in [0, 0.1) is 0 Å². The first-order valence-corrected chi connectivity index (χ1v) is 5.28. The Morgan fingerprint density at radius 1 is 1.36 bits per heavy atom. The lowest BCUT2D eigenvalue weighted by Gasteiger charge is -2.06. The average Bonchev–Trinajstić information content (AvgIpc) is 2.04. The van der Waals surface area contributed by atoms with Gasteiger partial charge in [0.2, 0.25) is 0 Å². The summed E-state index contributed by atoms with van der Waals surface area (Å²) in [4.78, 5) is 0. The number of aliphatic hydroxyl groups is 1. The van der Waals surface area contributed by atoms with Crippen molar-refractivity contribution in [2.45, 2.75) is 31.4 Å². The first-order chi connectivity index (χ1) is 5.31. The standard InChI is InChI=1S/C8H19NOS/c1-8(7-9)11-6-4-2-3-5-10/h8,10H,2-7,9H2,1H3. The van der Waals surface area contributed by atoms with Gasteiger partial charge in [-0.15, -0.1) is 0 Å². The van der Waals surface area contributed by atoms with Crippen molar-refractivity contribution in [2.75, 3.05) is 18.9 Å². The molecule has 3 heteroatoms. The Labute approximate surface area is 73.6 Å². The summed E-state index contributed by atoms with van der Waals surface area (Å²) in [5, 5.41) is 9.08. The maximum Gasteiger partial charge on any atom is 0.0431 e. The van der Waals surface area contributed by atoms with Crippen molar-refractivity contribution in [1.29, 1.82) is 0 Å². The van der Waals surface area contributed by atoms with Gasteiger partial charge in [0.25, 0.3) is 0 Å². The molecule has 0 aliphatic rings. The summed E-state index contributed by atoms with van der Waals surface area (Å²) in [5.74, 6) is 1.18. The molecule has 1 atom stereocenters. The third kappa shape index (κ3) is 8.17.